The molecular formula is C28H62P2. The van der Waals surface area contributed by atoms with Gasteiger partial charge in [0.2, 0.25) is 0 Å². The SMILES string of the molecule is CCCCCCCCP(CCCCCCCC)CCCCCCCC.CCCCP. The molecule has 0 aromatic rings. The molecule has 0 saturated heterocycles. The fourth-order valence-electron chi connectivity index (χ4n) is 3.89. The molecule has 0 heterocycles. The van der Waals surface area contributed by atoms with E-state index in [2.05, 4.69) is 36.9 Å². The maximum absolute atomic E-state index is 2.70. The summed E-state index contributed by atoms with van der Waals surface area (Å²) in [5.74, 6) is 0. The third-order valence-corrected chi connectivity index (χ3v) is 9.30. The van der Waals surface area contributed by atoms with Crippen molar-refractivity contribution in [3.05, 3.63) is 0 Å². The molecule has 0 nitrogen and oxygen atoms in total. The largest absolute Gasteiger partial charge is 0.138 e. The van der Waals surface area contributed by atoms with Gasteiger partial charge in [-0.1, -0.05) is 137 Å². The summed E-state index contributed by atoms with van der Waals surface area (Å²) >= 11 is 0. The van der Waals surface area contributed by atoms with Crippen LogP contribution in [-0.4, -0.2) is 24.6 Å². The minimum Gasteiger partial charge on any atom is -0.138 e. The van der Waals surface area contributed by atoms with E-state index in [0.29, 0.717) is 7.92 Å². The van der Waals surface area contributed by atoms with E-state index in [0.717, 1.165) is 0 Å². The molecule has 1 atom stereocenters. The van der Waals surface area contributed by atoms with E-state index < -0.39 is 0 Å². The van der Waals surface area contributed by atoms with Crippen LogP contribution in [0.5, 0.6) is 0 Å². The van der Waals surface area contributed by atoms with Crippen LogP contribution in [0.3, 0.4) is 0 Å². The van der Waals surface area contributed by atoms with E-state index in [9.17, 15) is 0 Å². The molecule has 0 rings (SSSR count). The van der Waals surface area contributed by atoms with Crippen LogP contribution in [0.25, 0.3) is 0 Å². The second kappa shape index (κ2) is 32.0. The Bertz CT molecular complexity index is 227. The third kappa shape index (κ3) is 31.0. The Kier molecular flexibility index (Phi) is 35.3. The highest BCUT2D eigenvalue weighted by Crippen LogP contribution is 2.39. The van der Waals surface area contributed by atoms with Crippen molar-refractivity contribution in [2.24, 2.45) is 0 Å². The lowest BCUT2D eigenvalue weighted by atomic mass is 10.1. The number of hydrogen-bond acceptors (Lipinski definition) is 0. The summed E-state index contributed by atoms with van der Waals surface area (Å²) in [5.41, 5.74) is 0. The average Bonchev–Trinajstić information content (AvgIpc) is 2.76. The molecule has 0 aliphatic carbocycles. The first kappa shape index (κ1) is 33.0. The van der Waals surface area contributed by atoms with Crippen molar-refractivity contribution in [3.63, 3.8) is 0 Å². The molecule has 0 N–H and O–H groups in total. The maximum atomic E-state index is 2.70. The van der Waals surface area contributed by atoms with Gasteiger partial charge in [-0.2, -0.15) is 0 Å². The van der Waals surface area contributed by atoms with Gasteiger partial charge in [-0.05, 0) is 43.9 Å². The molecule has 1 unspecified atom stereocenters. The molecular weight excluding hydrogens is 398 g/mol. The topological polar surface area (TPSA) is 0 Å². The zero-order valence-electron chi connectivity index (χ0n) is 22.0. The van der Waals surface area contributed by atoms with Gasteiger partial charge in [0.15, 0.2) is 0 Å². The van der Waals surface area contributed by atoms with Gasteiger partial charge < -0.3 is 0 Å². The van der Waals surface area contributed by atoms with Crippen LogP contribution < -0.4 is 0 Å². The summed E-state index contributed by atoms with van der Waals surface area (Å²) < 4.78 is 0. The molecule has 0 saturated carbocycles. The van der Waals surface area contributed by atoms with E-state index in [1.807, 2.05) is 0 Å². The predicted molar refractivity (Wildman–Crippen MR) is 151 cm³/mol. The highest BCUT2D eigenvalue weighted by atomic mass is 31.1. The van der Waals surface area contributed by atoms with Gasteiger partial charge in [0.1, 0.15) is 0 Å². The summed E-state index contributed by atoms with van der Waals surface area (Å²) in [5, 5.41) is 0. The molecule has 0 aromatic heterocycles. The Balaban J connectivity index is 0. The van der Waals surface area contributed by atoms with Crippen molar-refractivity contribution in [1.82, 2.24) is 0 Å². The minimum atomic E-state index is 0.366. The van der Waals surface area contributed by atoms with Crippen LogP contribution in [0, 0.1) is 0 Å². The van der Waals surface area contributed by atoms with Gasteiger partial charge in [0, 0.05) is 0 Å². The first-order chi connectivity index (χ1) is 14.8. The molecule has 0 aromatic carbocycles. The normalized spacial score (nSPS) is 11.0. The Morgan fingerprint density at radius 2 is 0.633 bits per heavy atom. The first-order valence-electron chi connectivity index (χ1n) is 14.2. The summed E-state index contributed by atoms with van der Waals surface area (Å²) in [6, 6.07) is 0. The Hall–Kier alpha value is 0.860. The zero-order chi connectivity index (χ0) is 22.5. The Morgan fingerprint density at radius 3 is 0.867 bits per heavy atom. The predicted octanol–water partition coefficient (Wildman–Crippen LogP) is 11.2. The Morgan fingerprint density at radius 1 is 0.367 bits per heavy atom. The van der Waals surface area contributed by atoms with Crippen LogP contribution >= 0.6 is 17.2 Å². The van der Waals surface area contributed by atoms with Crippen LogP contribution in [0.2, 0.25) is 0 Å². The van der Waals surface area contributed by atoms with Crippen LogP contribution in [0.15, 0.2) is 0 Å². The highest BCUT2D eigenvalue weighted by molar-refractivity contribution is 7.57. The number of hydrogen-bond donors (Lipinski definition) is 0. The lowest BCUT2D eigenvalue weighted by Crippen LogP contribution is -1.97. The van der Waals surface area contributed by atoms with E-state index in [-0.39, 0.29) is 0 Å². The fourth-order valence-corrected chi connectivity index (χ4v) is 6.98. The second-order valence-electron chi connectivity index (χ2n) is 9.29. The maximum Gasteiger partial charge on any atom is -0.0326 e. The van der Waals surface area contributed by atoms with Crippen LogP contribution in [-0.2, 0) is 0 Å². The molecule has 0 amide bonds. The second-order valence-corrected chi connectivity index (χ2v) is 12.5. The van der Waals surface area contributed by atoms with E-state index in [1.54, 1.807) is 18.5 Å². The smallest absolute Gasteiger partial charge is 0.0326 e. The minimum absolute atomic E-state index is 0.366. The molecule has 30 heavy (non-hydrogen) atoms. The van der Waals surface area contributed by atoms with Gasteiger partial charge in [-0.3, -0.25) is 0 Å². The average molecular weight is 461 g/mol. The Labute approximate surface area is 197 Å². The molecule has 184 valence electrons. The van der Waals surface area contributed by atoms with Gasteiger partial charge >= 0.3 is 0 Å². The van der Waals surface area contributed by atoms with Crippen molar-refractivity contribution in [3.8, 4) is 0 Å². The van der Waals surface area contributed by atoms with Crippen LogP contribution in [0.4, 0.5) is 0 Å². The molecule has 0 bridgehead atoms. The number of rotatable bonds is 23. The van der Waals surface area contributed by atoms with Crippen molar-refractivity contribution < 1.29 is 0 Å². The van der Waals surface area contributed by atoms with Crippen molar-refractivity contribution >= 4 is 17.2 Å². The lowest BCUT2D eigenvalue weighted by molar-refractivity contribution is 0.617. The van der Waals surface area contributed by atoms with E-state index >= 15 is 0 Å². The van der Waals surface area contributed by atoms with Gasteiger partial charge in [0.05, 0.1) is 0 Å². The van der Waals surface area contributed by atoms with Crippen molar-refractivity contribution in [2.45, 2.75) is 156 Å². The molecule has 0 radical (unpaired) electrons. The van der Waals surface area contributed by atoms with E-state index in [1.165, 1.54) is 135 Å². The lowest BCUT2D eigenvalue weighted by Gasteiger charge is -2.18. The quantitative estimate of drug-likeness (QED) is 0.105. The van der Waals surface area contributed by atoms with Gasteiger partial charge in [-0.25, -0.2) is 0 Å². The summed E-state index contributed by atoms with van der Waals surface area (Å²) in [6.07, 6.45) is 35.2. The summed E-state index contributed by atoms with van der Waals surface area (Å²) in [4.78, 5) is 0. The fraction of sp³-hybridized carbons (Fsp3) is 1.00. The number of unbranched alkanes of at least 4 members (excludes halogenated alkanes) is 16. The van der Waals surface area contributed by atoms with E-state index in [4.69, 9.17) is 0 Å². The van der Waals surface area contributed by atoms with Gasteiger partial charge in [0.25, 0.3) is 0 Å². The van der Waals surface area contributed by atoms with Crippen molar-refractivity contribution in [2.75, 3.05) is 24.6 Å². The molecule has 0 spiro atoms. The zero-order valence-corrected chi connectivity index (χ0v) is 24.0. The van der Waals surface area contributed by atoms with Crippen LogP contribution in [0.1, 0.15) is 156 Å². The van der Waals surface area contributed by atoms with Crippen molar-refractivity contribution in [1.29, 1.82) is 0 Å². The standard InChI is InChI=1S/C24H51P.C4H11P/c1-4-7-10-13-16-19-22-25(23-20-17-14-11-8-5-2)24-21-18-15-12-9-6-3;1-2-3-4-5/h4-24H2,1-3H3;2-5H2,1H3. The third-order valence-electron chi connectivity index (χ3n) is 6.04. The van der Waals surface area contributed by atoms with Gasteiger partial charge in [-0.15, -0.1) is 17.2 Å². The molecule has 0 aliphatic rings. The monoisotopic (exact) mass is 460 g/mol. The highest BCUT2D eigenvalue weighted by Gasteiger charge is 2.07. The summed E-state index contributed by atoms with van der Waals surface area (Å²) in [7, 11) is 3.07. The molecule has 0 fully saturated rings. The molecule has 0 aliphatic heterocycles. The first-order valence-corrected chi connectivity index (χ1v) is 16.9. The summed E-state index contributed by atoms with van der Waals surface area (Å²) in [6.45, 7) is 9.16. The molecule has 2 heteroatoms.